The van der Waals surface area contributed by atoms with Gasteiger partial charge in [-0.3, -0.25) is 0 Å². The van der Waals surface area contributed by atoms with Crippen molar-refractivity contribution < 1.29 is 13.2 Å². The zero-order valence-corrected chi connectivity index (χ0v) is 10.8. The van der Waals surface area contributed by atoms with Crippen LogP contribution >= 0.6 is 0 Å². The zero-order valence-electron chi connectivity index (χ0n) is 10.8. The van der Waals surface area contributed by atoms with E-state index in [1.165, 1.54) is 12.8 Å². The molecule has 0 bridgehead atoms. The number of nitrogens with one attached hydrogen (secondary N) is 2. The molecule has 1 aromatic heterocycles. The minimum Gasteiger partial charge on any atom is -0.370 e. The first kappa shape index (κ1) is 14.0. The lowest BCUT2D eigenvalue weighted by molar-refractivity contribution is -0.137. The van der Waals surface area contributed by atoms with Gasteiger partial charge in [0, 0.05) is 13.1 Å². The molecule has 1 aromatic rings. The molecule has 0 amide bonds. The molecule has 2 rings (SSSR count). The van der Waals surface area contributed by atoms with Crippen LogP contribution in [0, 0.1) is 5.92 Å². The third-order valence-electron chi connectivity index (χ3n) is 3.07. The van der Waals surface area contributed by atoms with Gasteiger partial charge in [0.1, 0.15) is 11.6 Å². The molecule has 1 heterocycles. The van der Waals surface area contributed by atoms with Crippen LogP contribution in [0.1, 0.15) is 31.7 Å². The van der Waals surface area contributed by atoms with Crippen LogP contribution in [-0.2, 0) is 6.18 Å². The Balaban J connectivity index is 2.08. The highest BCUT2D eigenvalue weighted by molar-refractivity contribution is 5.49. The fourth-order valence-electron chi connectivity index (χ4n) is 1.87. The van der Waals surface area contributed by atoms with Crippen molar-refractivity contribution in [2.45, 2.75) is 32.4 Å². The zero-order chi connectivity index (χ0) is 13.9. The second-order valence-corrected chi connectivity index (χ2v) is 4.81. The van der Waals surface area contributed by atoms with Gasteiger partial charge in [0.2, 0.25) is 0 Å². The van der Waals surface area contributed by atoms with Crippen molar-refractivity contribution in [1.82, 2.24) is 4.98 Å². The number of nitrogens with zero attached hydrogens (tertiary/aromatic N) is 1. The predicted molar refractivity (Wildman–Crippen MR) is 69.2 cm³/mol. The van der Waals surface area contributed by atoms with Gasteiger partial charge in [-0.05, 0) is 31.4 Å². The third kappa shape index (κ3) is 4.29. The Morgan fingerprint density at radius 2 is 1.84 bits per heavy atom. The van der Waals surface area contributed by atoms with E-state index in [0.717, 1.165) is 24.5 Å². The first-order valence-electron chi connectivity index (χ1n) is 6.56. The molecule has 2 N–H and O–H groups in total. The Morgan fingerprint density at radius 3 is 2.37 bits per heavy atom. The van der Waals surface area contributed by atoms with Crippen LogP contribution in [0.4, 0.5) is 24.8 Å². The summed E-state index contributed by atoms with van der Waals surface area (Å²) in [5, 5.41) is 5.80. The van der Waals surface area contributed by atoms with Crippen LogP contribution < -0.4 is 10.6 Å². The van der Waals surface area contributed by atoms with Gasteiger partial charge in [0.15, 0.2) is 0 Å². The number of hydrogen-bond acceptors (Lipinski definition) is 3. The van der Waals surface area contributed by atoms with Crippen molar-refractivity contribution in [1.29, 1.82) is 0 Å². The average molecular weight is 273 g/mol. The van der Waals surface area contributed by atoms with Crippen LogP contribution in [-0.4, -0.2) is 18.1 Å². The normalized spacial score (nSPS) is 15.4. The minimum absolute atomic E-state index is 0.256. The van der Waals surface area contributed by atoms with Gasteiger partial charge in [-0.1, -0.05) is 12.8 Å². The molecule has 0 unspecified atom stereocenters. The second-order valence-electron chi connectivity index (χ2n) is 4.81. The molecule has 1 saturated carbocycles. The Hall–Kier alpha value is -1.46. The average Bonchev–Trinajstić information content (AvgIpc) is 3.12. The van der Waals surface area contributed by atoms with Crippen molar-refractivity contribution in [3.05, 3.63) is 17.7 Å². The van der Waals surface area contributed by atoms with Crippen LogP contribution in [0.5, 0.6) is 0 Å². The third-order valence-corrected chi connectivity index (χ3v) is 3.07. The highest BCUT2D eigenvalue weighted by Gasteiger charge is 2.31. The van der Waals surface area contributed by atoms with E-state index < -0.39 is 11.7 Å². The van der Waals surface area contributed by atoms with Gasteiger partial charge in [-0.25, -0.2) is 4.98 Å². The van der Waals surface area contributed by atoms with Gasteiger partial charge in [-0.2, -0.15) is 13.2 Å². The predicted octanol–water partition coefficient (Wildman–Crippen LogP) is 3.74. The summed E-state index contributed by atoms with van der Waals surface area (Å²) < 4.78 is 38.3. The molecule has 0 aliphatic heterocycles. The quantitative estimate of drug-likeness (QED) is 0.829. The molecular formula is C13H18F3N3. The summed E-state index contributed by atoms with van der Waals surface area (Å²) in [6, 6.07) is 2.10. The number of rotatable bonds is 6. The van der Waals surface area contributed by atoms with Crippen LogP contribution in [0.15, 0.2) is 12.1 Å². The molecule has 0 atom stereocenters. The molecule has 1 aliphatic rings. The van der Waals surface area contributed by atoms with Crippen LogP contribution in [0.3, 0.4) is 0 Å². The summed E-state index contributed by atoms with van der Waals surface area (Å²) in [5.41, 5.74) is -0.674. The maximum absolute atomic E-state index is 12.8. The highest BCUT2D eigenvalue weighted by atomic mass is 19.4. The molecule has 0 saturated heterocycles. The Kier molecular flexibility index (Phi) is 4.17. The SMILES string of the molecule is CCNc1cc(C(F)(F)F)cc(NCCC2CC2)n1. The molecule has 6 heteroatoms. The fourth-order valence-corrected chi connectivity index (χ4v) is 1.87. The van der Waals surface area contributed by atoms with Crippen molar-refractivity contribution in [2.24, 2.45) is 5.92 Å². The van der Waals surface area contributed by atoms with E-state index in [1.807, 2.05) is 6.92 Å². The molecule has 0 aromatic carbocycles. The van der Waals surface area contributed by atoms with E-state index in [0.29, 0.717) is 13.1 Å². The highest BCUT2D eigenvalue weighted by Crippen LogP contribution is 2.33. The molecule has 3 nitrogen and oxygen atoms in total. The van der Waals surface area contributed by atoms with Gasteiger partial charge >= 0.3 is 6.18 Å². The van der Waals surface area contributed by atoms with Crippen molar-refractivity contribution in [3.63, 3.8) is 0 Å². The fraction of sp³-hybridized carbons (Fsp3) is 0.615. The number of alkyl halides is 3. The molecular weight excluding hydrogens is 255 g/mol. The standard InChI is InChI=1S/C13H18F3N3/c1-2-17-11-7-10(13(14,15)16)8-12(19-11)18-6-5-9-3-4-9/h7-9H,2-6H2,1H3,(H2,17,18,19). The Morgan fingerprint density at radius 1 is 1.21 bits per heavy atom. The maximum atomic E-state index is 12.8. The van der Waals surface area contributed by atoms with E-state index in [9.17, 15) is 13.2 Å². The van der Waals surface area contributed by atoms with E-state index in [4.69, 9.17) is 0 Å². The molecule has 19 heavy (non-hydrogen) atoms. The number of pyridine rings is 1. The first-order chi connectivity index (χ1) is 8.99. The lowest BCUT2D eigenvalue weighted by Gasteiger charge is -2.13. The van der Waals surface area contributed by atoms with Crippen molar-refractivity contribution in [2.75, 3.05) is 23.7 Å². The maximum Gasteiger partial charge on any atom is 0.416 e. The topological polar surface area (TPSA) is 37.0 Å². The van der Waals surface area contributed by atoms with E-state index in [1.54, 1.807) is 0 Å². The van der Waals surface area contributed by atoms with Crippen LogP contribution in [0.25, 0.3) is 0 Å². The van der Waals surface area contributed by atoms with Crippen molar-refractivity contribution in [3.8, 4) is 0 Å². The summed E-state index contributed by atoms with van der Waals surface area (Å²) in [7, 11) is 0. The lowest BCUT2D eigenvalue weighted by atomic mass is 10.2. The minimum atomic E-state index is -4.35. The smallest absolute Gasteiger partial charge is 0.370 e. The number of anilines is 2. The van der Waals surface area contributed by atoms with Gasteiger partial charge < -0.3 is 10.6 Å². The summed E-state index contributed by atoms with van der Waals surface area (Å²) >= 11 is 0. The van der Waals surface area contributed by atoms with E-state index >= 15 is 0 Å². The number of hydrogen-bond donors (Lipinski definition) is 2. The molecule has 0 radical (unpaired) electrons. The summed E-state index contributed by atoms with van der Waals surface area (Å²) in [5.74, 6) is 1.28. The summed E-state index contributed by atoms with van der Waals surface area (Å²) in [4.78, 5) is 4.13. The summed E-state index contributed by atoms with van der Waals surface area (Å²) in [6.45, 7) is 3.03. The van der Waals surface area contributed by atoms with Crippen LogP contribution in [0.2, 0.25) is 0 Å². The summed E-state index contributed by atoms with van der Waals surface area (Å²) in [6.07, 6.45) is -0.880. The van der Waals surface area contributed by atoms with E-state index in [2.05, 4.69) is 15.6 Å². The molecule has 0 spiro atoms. The first-order valence-corrected chi connectivity index (χ1v) is 6.56. The largest absolute Gasteiger partial charge is 0.416 e. The number of aromatic nitrogens is 1. The van der Waals surface area contributed by atoms with Gasteiger partial charge in [0.05, 0.1) is 5.56 Å². The molecule has 1 aliphatic carbocycles. The van der Waals surface area contributed by atoms with Crippen molar-refractivity contribution >= 4 is 11.6 Å². The Bertz CT molecular complexity index is 428. The van der Waals surface area contributed by atoms with Gasteiger partial charge in [-0.15, -0.1) is 0 Å². The Labute approximate surface area is 110 Å². The van der Waals surface area contributed by atoms with E-state index in [-0.39, 0.29) is 11.6 Å². The monoisotopic (exact) mass is 273 g/mol. The number of halogens is 3. The second kappa shape index (κ2) is 5.67. The molecule has 106 valence electrons. The lowest BCUT2D eigenvalue weighted by Crippen LogP contribution is -2.11. The van der Waals surface area contributed by atoms with Gasteiger partial charge in [0.25, 0.3) is 0 Å². The molecule has 1 fully saturated rings.